The quantitative estimate of drug-likeness (QED) is 0.769. The maximum Gasteiger partial charge on any atom is 0.287 e. The topological polar surface area (TPSA) is 98.4 Å². The van der Waals surface area contributed by atoms with E-state index in [0.717, 1.165) is 18.7 Å². The number of aryl methyl sites for hydroxylation is 1. The monoisotopic (exact) mass is 374 g/mol. The number of amides is 2. The molecular weight excluding hydrogens is 348 g/mol. The van der Waals surface area contributed by atoms with Gasteiger partial charge in [-0.15, -0.1) is 0 Å². The number of rotatable bonds is 7. The Labute approximate surface area is 158 Å². The highest BCUT2D eigenvalue weighted by molar-refractivity contribution is 5.95. The Morgan fingerprint density at radius 2 is 2.19 bits per heavy atom. The van der Waals surface area contributed by atoms with Gasteiger partial charge in [0.15, 0.2) is 5.76 Å². The first-order chi connectivity index (χ1) is 13.0. The van der Waals surface area contributed by atoms with Crippen LogP contribution in [0.4, 0.5) is 0 Å². The van der Waals surface area contributed by atoms with E-state index >= 15 is 0 Å². The number of carbonyl (C=O) groups excluding carboxylic acids is 2. The summed E-state index contributed by atoms with van der Waals surface area (Å²) in [5, 5.41) is 10.2. The number of aromatic nitrogens is 2. The van der Waals surface area contributed by atoms with Gasteiger partial charge in [0.1, 0.15) is 12.4 Å². The third kappa shape index (κ3) is 4.57. The fourth-order valence-electron chi connectivity index (χ4n) is 3.25. The van der Waals surface area contributed by atoms with E-state index in [1.165, 1.54) is 0 Å². The lowest BCUT2D eigenvalue weighted by Crippen LogP contribution is -2.35. The zero-order chi connectivity index (χ0) is 19.4. The number of methoxy groups -OCH3 is 1. The molecule has 0 fully saturated rings. The van der Waals surface area contributed by atoms with Crippen molar-refractivity contribution in [3.05, 3.63) is 41.1 Å². The number of hydrogen-bond acceptors (Lipinski definition) is 5. The molecule has 3 heterocycles. The minimum Gasteiger partial charge on any atom is -0.453 e. The molecule has 27 heavy (non-hydrogen) atoms. The lowest BCUT2D eigenvalue weighted by molar-refractivity contribution is 0.0904. The van der Waals surface area contributed by atoms with E-state index < -0.39 is 0 Å². The van der Waals surface area contributed by atoms with E-state index in [1.807, 2.05) is 18.5 Å². The Morgan fingerprint density at radius 3 is 2.93 bits per heavy atom. The van der Waals surface area contributed by atoms with Crippen LogP contribution in [0.15, 0.2) is 22.7 Å². The Bertz CT molecular complexity index is 808. The molecule has 2 amide bonds. The molecule has 1 aliphatic heterocycles. The largest absolute Gasteiger partial charge is 0.453 e. The van der Waals surface area contributed by atoms with Gasteiger partial charge in [0.25, 0.3) is 11.8 Å². The molecule has 1 atom stereocenters. The molecule has 0 spiro atoms. The van der Waals surface area contributed by atoms with E-state index in [1.54, 1.807) is 25.4 Å². The average molecular weight is 374 g/mol. The number of fused-ring (bicyclic) bond motifs is 1. The van der Waals surface area contributed by atoms with E-state index in [4.69, 9.17) is 9.15 Å². The van der Waals surface area contributed by atoms with Gasteiger partial charge in [-0.3, -0.25) is 14.3 Å². The summed E-state index contributed by atoms with van der Waals surface area (Å²) in [7, 11) is 1.58. The molecule has 0 radical (unpaired) electrons. The molecule has 2 aromatic heterocycles. The number of ether oxygens (including phenoxy) is 1. The van der Waals surface area contributed by atoms with Crippen molar-refractivity contribution >= 4 is 11.8 Å². The van der Waals surface area contributed by atoms with Crippen LogP contribution in [0.5, 0.6) is 0 Å². The Kier molecular flexibility index (Phi) is 5.95. The van der Waals surface area contributed by atoms with Gasteiger partial charge in [-0.1, -0.05) is 0 Å². The minimum atomic E-state index is -0.241. The van der Waals surface area contributed by atoms with Crippen LogP contribution in [0.2, 0.25) is 0 Å². The van der Waals surface area contributed by atoms with Crippen molar-refractivity contribution in [2.75, 3.05) is 13.7 Å². The summed E-state index contributed by atoms with van der Waals surface area (Å²) in [6.45, 7) is 5.46. The van der Waals surface area contributed by atoms with Gasteiger partial charge in [-0.25, -0.2) is 0 Å². The fraction of sp³-hybridized carbons (Fsp3) is 0.526. The number of carbonyl (C=O) groups is 2. The van der Waals surface area contributed by atoms with E-state index in [9.17, 15) is 9.59 Å². The number of furan rings is 1. The van der Waals surface area contributed by atoms with Gasteiger partial charge >= 0.3 is 0 Å². The van der Waals surface area contributed by atoms with Crippen molar-refractivity contribution in [1.29, 1.82) is 0 Å². The third-order valence-electron chi connectivity index (χ3n) is 4.57. The highest BCUT2D eigenvalue weighted by atomic mass is 16.5. The van der Waals surface area contributed by atoms with Crippen LogP contribution in [0.3, 0.4) is 0 Å². The van der Waals surface area contributed by atoms with E-state index in [0.29, 0.717) is 30.9 Å². The molecule has 0 aliphatic carbocycles. The predicted octanol–water partition coefficient (Wildman–Crippen LogP) is 1.75. The second-order valence-corrected chi connectivity index (χ2v) is 7.12. The van der Waals surface area contributed by atoms with Crippen LogP contribution in [-0.2, 0) is 24.3 Å². The second kappa shape index (κ2) is 8.39. The number of hydrogen-bond donors (Lipinski definition) is 2. The Hall–Kier alpha value is -2.61. The van der Waals surface area contributed by atoms with Crippen LogP contribution in [0, 0.1) is 5.92 Å². The summed E-state index contributed by atoms with van der Waals surface area (Å²) in [5.74, 6) is 0.800. The molecule has 0 bridgehead atoms. The number of nitrogens with one attached hydrogen (secondary N) is 2. The van der Waals surface area contributed by atoms with Crippen molar-refractivity contribution < 1.29 is 18.7 Å². The van der Waals surface area contributed by atoms with E-state index in [-0.39, 0.29) is 29.5 Å². The molecular formula is C19H26N4O4. The molecule has 2 aromatic rings. The van der Waals surface area contributed by atoms with Gasteiger partial charge in [0.05, 0.1) is 17.5 Å². The highest BCUT2D eigenvalue weighted by Gasteiger charge is 2.26. The lowest BCUT2D eigenvalue weighted by atomic mass is 9.94. The molecule has 3 rings (SSSR count). The number of nitrogens with zero attached hydrogens (tertiary/aromatic N) is 2. The van der Waals surface area contributed by atoms with Gasteiger partial charge in [0, 0.05) is 26.2 Å². The molecule has 8 nitrogen and oxygen atoms in total. The zero-order valence-electron chi connectivity index (χ0n) is 15.9. The van der Waals surface area contributed by atoms with Gasteiger partial charge in [-0.05, 0) is 44.7 Å². The molecule has 0 unspecified atom stereocenters. The normalized spacial score (nSPS) is 16.2. The molecule has 146 valence electrons. The molecule has 2 N–H and O–H groups in total. The predicted molar refractivity (Wildman–Crippen MR) is 98.4 cm³/mol. The van der Waals surface area contributed by atoms with Crippen molar-refractivity contribution in [2.45, 2.75) is 45.9 Å². The molecule has 0 saturated carbocycles. The van der Waals surface area contributed by atoms with Crippen LogP contribution < -0.4 is 10.6 Å². The van der Waals surface area contributed by atoms with Gasteiger partial charge < -0.3 is 19.8 Å². The molecule has 0 saturated heterocycles. The Balaban J connectivity index is 1.58. The summed E-state index contributed by atoms with van der Waals surface area (Å²) in [6.07, 6.45) is 3.23. The molecule has 0 aromatic carbocycles. The third-order valence-corrected chi connectivity index (χ3v) is 4.57. The summed E-state index contributed by atoms with van der Waals surface area (Å²) in [6, 6.07) is 3.45. The van der Waals surface area contributed by atoms with Crippen LogP contribution in [-0.4, -0.2) is 41.3 Å². The van der Waals surface area contributed by atoms with E-state index in [2.05, 4.69) is 15.7 Å². The van der Waals surface area contributed by atoms with Crippen molar-refractivity contribution in [3.8, 4) is 0 Å². The van der Waals surface area contributed by atoms with Crippen molar-refractivity contribution in [2.24, 2.45) is 5.92 Å². The standard InChI is InChI=1S/C19H26N4O4/c1-12(2)22-18(24)15-10-21-23-7-6-13(8-16(15)23)9-20-19(25)17-5-4-14(27-17)11-26-3/h4-5,10,12-13H,6-9,11H2,1-3H3,(H,20,25)(H,22,24)/t13-/m0/s1. The summed E-state index contributed by atoms with van der Waals surface area (Å²) in [4.78, 5) is 24.6. The minimum absolute atomic E-state index is 0.0722. The highest BCUT2D eigenvalue weighted by Crippen LogP contribution is 2.23. The fourth-order valence-corrected chi connectivity index (χ4v) is 3.25. The average Bonchev–Trinajstić information content (AvgIpc) is 3.26. The zero-order valence-corrected chi connectivity index (χ0v) is 15.9. The first-order valence-corrected chi connectivity index (χ1v) is 9.19. The van der Waals surface area contributed by atoms with Crippen molar-refractivity contribution in [1.82, 2.24) is 20.4 Å². The van der Waals surface area contributed by atoms with Crippen LogP contribution >= 0.6 is 0 Å². The van der Waals surface area contributed by atoms with Crippen LogP contribution in [0.1, 0.15) is 52.6 Å². The van der Waals surface area contributed by atoms with Gasteiger partial charge in [-0.2, -0.15) is 5.10 Å². The Morgan fingerprint density at radius 1 is 1.37 bits per heavy atom. The second-order valence-electron chi connectivity index (χ2n) is 7.12. The smallest absolute Gasteiger partial charge is 0.287 e. The summed E-state index contributed by atoms with van der Waals surface area (Å²) >= 11 is 0. The van der Waals surface area contributed by atoms with Gasteiger partial charge in [0.2, 0.25) is 0 Å². The maximum atomic E-state index is 12.3. The maximum absolute atomic E-state index is 12.3. The summed E-state index contributed by atoms with van der Waals surface area (Å²) in [5.41, 5.74) is 1.55. The molecule has 1 aliphatic rings. The lowest BCUT2D eigenvalue weighted by Gasteiger charge is -2.24. The van der Waals surface area contributed by atoms with Crippen LogP contribution in [0.25, 0.3) is 0 Å². The first-order valence-electron chi connectivity index (χ1n) is 9.19. The molecule has 8 heteroatoms. The van der Waals surface area contributed by atoms with Crippen molar-refractivity contribution in [3.63, 3.8) is 0 Å². The summed E-state index contributed by atoms with van der Waals surface area (Å²) < 4.78 is 12.3. The first kappa shape index (κ1) is 19.2. The SMILES string of the molecule is COCc1ccc(C(=O)NC[C@H]2CCn3ncc(C(=O)NC(C)C)c3C2)o1.